The number of alkyl halides is 2. The van der Waals surface area contributed by atoms with Crippen molar-refractivity contribution in [3.63, 3.8) is 0 Å². The van der Waals surface area contributed by atoms with Gasteiger partial charge in [0.15, 0.2) is 17.6 Å². The maximum absolute atomic E-state index is 12.6. The van der Waals surface area contributed by atoms with Crippen LogP contribution in [0.25, 0.3) is 0 Å². The van der Waals surface area contributed by atoms with E-state index in [-0.39, 0.29) is 17.6 Å². The molecule has 0 bridgehead atoms. The summed E-state index contributed by atoms with van der Waals surface area (Å²) in [5.74, 6) is 0.276. The van der Waals surface area contributed by atoms with Gasteiger partial charge < -0.3 is 19.5 Å². The Balaban J connectivity index is 1.87. The summed E-state index contributed by atoms with van der Waals surface area (Å²) in [5.41, 5.74) is 0.915. The van der Waals surface area contributed by atoms with Crippen molar-refractivity contribution in [2.45, 2.75) is 18.8 Å². The third-order valence-corrected chi connectivity index (χ3v) is 3.74. The van der Waals surface area contributed by atoms with E-state index in [9.17, 15) is 8.78 Å². The molecule has 0 aliphatic carbocycles. The molecule has 0 amide bonds. The van der Waals surface area contributed by atoms with Crippen LogP contribution in [0.1, 0.15) is 11.7 Å². The summed E-state index contributed by atoms with van der Waals surface area (Å²) in [6.07, 6.45) is -0.651. The van der Waals surface area contributed by atoms with Crippen molar-refractivity contribution in [2.75, 3.05) is 19.7 Å². The molecule has 1 unspecified atom stereocenters. The van der Waals surface area contributed by atoms with Gasteiger partial charge in [0.1, 0.15) is 6.10 Å². The minimum absolute atomic E-state index is 0.0113. The SMILES string of the molecule is FC(F)Oc1ccccc1OC(c1ccccc1)[C@@H]1CNCCO1. The van der Waals surface area contributed by atoms with E-state index in [1.54, 1.807) is 18.2 Å². The summed E-state index contributed by atoms with van der Waals surface area (Å²) < 4.78 is 41.6. The highest BCUT2D eigenvalue weighted by Gasteiger charge is 2.28. The number of ether oxygens (including phenoxy) is 3. The van der Waals surface area contributed by atoms with E-state index < -0.39 is 12.7 Å². The van der Waals surface area contributed by atoms with Gasteiger partial charge in [-0.3, -0.25) is 0 Å². The highest BCUT2D eigenvalue weighted by Crippen LogP contribution is 2.34. The average molecular weight is 335 g/mol. The van der Waals surface area contributed by atoms with Crippen LogP contribution in [-0.2, 0) is 4.74 Å². The lowest BCUT2D eigenvalue weighted by Crippen LogP contribution is -2.43. The lowest BCUT2D eigenvalue weighted by atomic mass is 10.0. The first-order chi connectivity index (χ1) is 11.7. The van der Waals surface area contributed by atoms with E-state index in [2.05, 4.69) is 10.1 Å². The van der Waals surface area contributed by atoms with Crippen LogP contribution in [0, 0.1) is 0 Å². The zero-order chi connectivity index (χ0) is 16.8. The van der Waals surface area contributed by atoms with Crippen LogP contribution in [0.4, 0.5) is 8.78 Å². The van der Waals surface area contributed by atoms with Gasteiger partial charge in [-0.15, -0.1) is 0 Å². The molecule has 2 aromatic carbocycles. The number of hydrogen-bond acceptors (Lipinski definition) is 4. The third kappa shape index (κ3) is 4.21. The number of rotatable bonds is 6. The molecule has 1 fully saturated rings. The van der Waals surface area contributed by atoms with Crippen LogP contribution < -0.4 is 14.8 Å². The number of morpholine rings is 1. The monoisotopic (exact) mass is 335 g/mol. The molecular weight excluding hydrogens is 316 g/mol. The molecule has 0 aromatic heterocycles. The van der Waals surface area contributed by atoms with Crippen LogP contribution in [0.3, 0.4) is 0 Å². The van der Waals surface area contributed by atoms with Crippen molar-refractivity contribution in [1.82, 2.24) is 5.32 Å². The first kappa shape index (κ1) is 16.7. The largest absolute Gasteiger partial charge is 0.479 e. The van der Waals surface area contributed by atoms with Crippen molar-refractivity contribution in [3.05, 3.63) is 60.2 Å². The first-order valence-electron chi connectivity index (χ1n) is 7.82. The number of benzene rings is 2. The molecular formula is C18H19F2NO3. The second-order valence-electron chi connectivity index (χ2n) is 5.39. The highest BCUT2D eigenvalue weighted by atomic mass is 19.3. The van der Waals surface area contributed by atoms with Crippen LogP contribution >= 0.6 is 0 Å². The van der Waals surface area contributed by atoms with Gasteiger partial charge in [0.2, 0.25) is 0 Å². The molecule has 0 spiro atoms. The first-order valence-corrected chi connectivity index (χ1v) is 7.82. The zero-order valence-electron chi connectivity index (χ0n) is 13.0. The van der Waals surface area contributed by atoms with Crippen molar-refractivity contribution in [2.24, 2.45) is 0 Å². The smallest absolute Gasteiger partial charge is 0.387 e. The Morgan fingerprint density at radius 3 is 2.25 bits per heavy atom. The molecule has 1 aliphatic rings. The molecule has 4 nitrogen and oxygen atoms in total. The predicted octanol–water partition coefficient (Wildman–Crippen LogP) is 3.40. The fourth-order valence-electron chi connectivity index (χ4n) is 2.66. The highest BCUT2D eigenvalue weighted by molar-refractivity contribution is 5.40. The van der Waals surface area contributed by atoms with Crippen molar-refractivity contribution < 1.29 is 23.0 Å². The van der Waals surface area contributed by atoms with Crippen LogP contribution in [-0.4, -0.2) is 32.4 Å². The normalized spacial score (nSPS) is 19.0. The van der Waals surface area contributed by atoms with Crippen LogP contribution in [0.15, 0.2) is 54.6 Å². The molecule has 1 saturated heterocycles. The fourth-order valence-corrected chi connectivity index (χ4v) is 2.66. The molecule has 3 rings (SSSR count). The Labute approximate surface area is 139 Å². The molecule has 1 aliphatic heterocycles. The van der Waals surface area contributed by atoms with E-state index in [1.165, 1.54) is 6.07 Å². The molecule has 6 heteroatoms. The Kier molecular flexibility index (Phi) is 5.61. The topological polar surface area (TPSA) is 39.7 Å². The fraction of sp³-hybridized carbons (Fsp3) is 0.333. The number of para-hydroxylation sites is 2. The minimum atomic E-state index is -2.91. The summed E-state index contributed by atoms with van der Waals surface area (Å²) in [6.45, 7) is -0.926. The molecule has 1 N–H and O–H groups in total. The Morgan fingerprint density at radius 2 is 1.62 bits per heavy atom. The summed E-state index contributed by atoms with van der Waals surface area (Å²) in [4.78, 5) is 0. The Morgan fingerprint density at radius 1 is 0.958 bits per heavy atom. The standard InChI is InChI=1S/C18H19F2NO3/c19-18(20)24-15-9-5-4-8-14(15)23-17(13-6-2-1-3-7-13)16-12-21-10-11-22-16/h1-9,16-18,21H,10-12H2/t16-,17?/m0/s1. The van der Waals surface area contributed by atoms with Crippen molar-refractivity contribution >= 4 is 0 Å². The van der Waals surface area contributed by atoms with Crippen molar-refractivity contribution in [3.8, 4) is 11.5 Å². The molecule has 0 saturated carbocycles. The third-order valence-electron chi connectivity index (χ3n) is 3.74. The van der Waals surface area contributed by atoms with Crippen molar-refractivity contribution in [1.29, 1.82) is 0 Å². The van der Waals surface area contributed by atoms with Gasteiger partial charge in [0.05, 0.1) is 6.61 Å². The van der Waals surface area contributed by atoms with Gasteiger partial charge in [-0.25, -0.2) is 0 Å². The predicted molar refractivity (Wildman–Crippen MR) is 85.5 cm³/mol. The summed E-state index contributed by atoms with van der Waals surface area (Å²) in [5, 5.41) is 3.26. The number of halogens is 2. The minimum Gasteiger partial charge on any atom is -0.479 e. The number of nitrogens with one attached hydrogen (secondary N) is 1. The molecule has 24 heavy (non-hydrogen) atoms. The zero-order valence-corrected chi connectivity index (χ0v) is 13.0. The maximum Gasteiger partial charge on any atom is 0.387 e. The Bertz CT molecular complexity index is 633. The van der Waals surface area contributed by atoms with Crippen LogP contribution in [0.5, 0.6) is 11.5 Å². The van der Waals surface area contributed by atoms with Gasteiger partial charge in [-0.1, -0.05) is 42.5 Å². The molecule has 2 atom stereocenters. The lowest BCUT2D eigenvalue weighted by Gasteiger charge is -2.32. The second-order valence-corrected chi connectivity index (χ2v) is 5.39. The van der Waals surface area contributed by atoms with Gasteiger partial charge >= 0.3 is 6.61 Å². The molecule has 128 valence electrons. The van der Waals surface area contributed by atoms with Crippen LogP contribution in [0.2, 0.25) is 0 Å². The molecule has 2 aromatic rings. The van der Waals surface area contributed by atoms with E-state index in [0.717, 1.165) is 12.1 Å². The Hall–Kier alpha value is -2.18. The van der Waals surface area contributed by atoms with Gasteiger partial charge in [0, 0.05) is 13.1 Å². The van der Waals surface area contributed by atoms with Gasteiger partial charge in [-0.05, 0) is 17.7 Å². The summed E-state index contributed by atoms with van der Waals surface area (Å²) in [7, 11) is 0. The van der Waals surface area contributed by atoms with E-state index in [0.29, 0.717) is 13.2 Å². The molecule has 0 radical (unpaired) electrons. The maximum atomic E-state index is 12.6. The van der Waals surface area contributed by atoms with E-state index in [4.69, 9.17) is 9.47 Å². The average Bonchev–Trinajstić information content (AvgIpc) is 2.62. The quantitative estimate of drug-likeness (QED) is 0.878. The summed E-state index contributed by atoms with van der Waals surface area (Å²) in [6, 6.07) is 16.0. The van der Waals surface area contributed by atoms with Gasteiger partial charge in [-0.2, -0.15) is 8.78 Å². The van der Waals surface area contributed by atoms with E-state index in [1.807, 2.05) is 30.3 Å². The summed E-state index contributed by atoms with van der Waals surface area (Å²) >= 11 is 0. The molecule has 1 heterocycles. The van der Waals surface area contributed by atoms with Gasteiger partial charge in [0.25, 0.3) is 0 Å². The second kappa shape index (κ2) is 8.08. The lowest BCUT2D eigenvalue weighted by molar-refractivity contribution is -0.0598. The number of hydrogen-bond donors (Lipinski definition) is 1. The van der Waals surface area contributed by atoms with E-state index >= 15 is 0 Å².